The van der Waals surface area contributed by atoms with Gasteiger partial charge in [-0.2, -0.15) is 0 Å². The normalized spacial score (nSPS) is 12.8. The smallest absolute Gasteiger partial charge is 0.407 e. The van der Waals surface area contributed by atoms with Crippen LogP contribution in [0.2, 0.25) is 0 Å². The molecule has 0 heterocycles. The summed E-state index contributed by atoms with van der Waals surface area (Å²) >= 11 is 0. The van der Waals surface area contributed by atoms with E-state index in [1.807, 2.05) is 55.5 Å². The van der Waals surface area contributed by atoms with Crippen LogP contribution in [0.3, 0.4) is 0 Å². The molecular formula is C24H27N3O6. The molecule has 4 N–H and O–H groups in total. The van der Waals surface area contributed by atoms with E-state index in [2.05, 4.69) is 16.0 Å². The van der Waals surface area contributed by atoms with Gasteiger partial charge in [0.1, 0.15) is 19.2 Å². The Morgan fingerprint density at radius 2 is 1.55 bits per heavy atom. The third-order valence-electron chi connectivity index (χ3n) is 5.39. The first-order valence-corrected chi connectivity index (χ1v) is 10.8. The van der Waals surface area contributed by atoms with Crippen molar-refractivity contribution in [3.63, 3.8) is 0 Å². The Balaban J connectivity index is 1.55. The van der Waals surface area contributed by atoms with Gasteiger partial charge in [-0.05, 0) is 28.7 Å². The van der Waals surface area contributed by atoms with E-state index in [-0.39, 0.29) is 12.5 Å². The van der Waals surface area contributed by atoms with E-state index in [4.69, 9.17) is 9.84 Å². The maximum absolute atomic E-state index is 12.5. The zero-order valence-electron chi connectivity index (χ0n) is 18.3. The number of carbonyl (C=O) groups is 4. The molecule has 0 spiro atoms. The summed E-state index contributed by atoms with van der Waals surface area (Å²) in [5.74, 6) is -2.46. The number of rotatable bonds is 10. The predicted molar refractivity (Wildman–Crippen MR) is 121 cm³/mol. The molecule has 2 aromatic rings. The first-order chi connectivity index (χ1) is 15.9. The summed E-state index contributed by atoms with van der Waals surface area (Å²) in [6.45, 7) is 1.06. The van der Waals surface area contributed by atoms with Gasteiger partial charge in [0.2, 0.25) is 11.8 Å². The second-order valence-electron chi connectivity index (χ2n) is 7.70. The zero-order chi connectivity index (χ0) is 23.8. The summed E-state index contributed by atoms with van der Waals surface area (Å²) in [6.07, 6.45) is 0.250. The number of hydrogen-bond acceptors (Lipinski definition) is 5. The van der Waals surface area contributed by atoms with E-state index >= 15 is 0 Å². The van der Waals surface area contributed by atoms with Gasteiger partial charge in [0.25, 0.3) is 0 Å². The maximum atomic E-state index is 12.5. The molecule has 0 aliphatic heterocycles. The van der Waals surface area contributed by atoms with Crippen molar-refractivity contribution in [2.24, 2.45) is 0 Å². The largest absolute Gasteiger partial charge is 0.480 e. The second kappa shape index (κ2) is 11.1. The van der Waals surface area contributed by atoms with Gasteiger partial charge < -0.3 is 25.8 Å². The van der Waals surface area contributed by atoms with Crippen LogP contribution in [0.15, 0.2) is 48.5 Å². The van der Waals surface area contributed by atoms with E-state index in [1.54, 1.807) is 0 Å². The van der Waals surface area contributed by atoms with Crippen LogP contribution in [0, 0.1) is 0 Å². The van der Waals surface area contributed by atoms with Crippen LogP contribution in [0.1, 0.15) is 36.8 Å². The first-order valence-electron chi connectivity index (χ1n) is 10.8. The average Bonchev–Trinajstić information content (AvgIpc) is 3.13. The number of carbonyl (C=O) groups excluding carboxylic acids is 3. The van der Waals surface area contributed by atoms with Crippen LogP contribution in [0.5, 0.6) is 0 Å². The van der Waals surface area contributed by atoms with Crippen molar-refractivity contribution in [1.29, 1.82) is 0 Å². The van der Waals surface area contributed by atoms with Crippen LogP contribution in [-0.2, 0) is 19.1 Å². The number of carboxylic acid groups (broad SMARTS) is 1. The quantitative estimate of drug-likeness (QED) is 0.435. The molecule has 3 amide bonds. The molecule has 33 heavy (non-hydrogen) atoms. The summed E-state index contributed by atoms with van der Waals surface area (Å²) in [5, 5.41) is 15.7. The van der Waals surface area contributed by atoms with Crippen molar-refractivity contribution < 1.29 is 29.0 Å². The number of amides is 3. The molecule has 0 saturated carbocycles. The number of fused-ring (bicyclic) bond motifs is 3. The molecule has 0 fully saturated rings. The molecule has 1 aliphatic carbocycles. The highest BCUT2D eigenvalue weighted by Crippen LogP contribution is 2.44. The number of aliphatic carboxylic acids is 1. The van der Waals surface area contributed by atoms with Gasteiger partial charge in [0, 0.05) is 5.92 Å². The van der Waals surface area contributed by atoms with Gasteiger partial charge in [-0.1, -0.05) is 61.9 Å². The van der Waals surface area contributed by atoms with E-state index in [1.165, 1.54) is 0 Å². The fraction of sp³-hybridized carbons (Fsp3) is 0.333. The van der Waals surface area contributed by atoms with Gasteiger partial charge in [0.05, 0.1) is 6.54 Å². The van der Waals surface area contributed by atoms with E-state index in [0.29, 0.717) is 12.8 Å². The van der Waals surface area contributed by atoms with E-state index in [9.17, 15) is 19.2 Å². The molecule has 0 bridgehead atoms. The first kappa shape index (κ1) is 23.8. The molecule has 0 saturated heterocycles. The molecule has 0 radical (unpaired) electrons. The fourth-order valence-electron chi connectivity index (χ4n) is 3.87. The van der Waals surface area contributed by atoms with E-state index < -0.39 is 43.0 Å². The van der Waals surface area contributed by atoms with Crippen LogP contribution >= 0.6 is 0 Å². The summed E-state index contributed by atoms with van der Waals surface area (Å²) in [7, 11) is 0. The standard InChI is InChI=1S/C24H27N3O6/c1-2-7-20(23(31)26-12-21(28)25-13-22(29)30)27-24(32)33-14-19-17-10-5-3-8-15(17)16-9-4-6-11-18(16)19/h3-6,8-11,19-20H,2,7,12-14H2,1H3,(H,25,28)(H,26,31)(H,27,32)(H,29,30)/t20-/m0/s1. The molecule has 9 nitrogen and oxygen atoms in total. The highest BCUT2D eigenvalue weighted by Gasteiger charge is 2.29. The van der Waals surface area contributed by atoms with Crippen molar-refractivity contribution >= 4 is 23.9 Å². The number of alkyl carbamates (subject to hydrolysis) is 1. The van der Waals surface area contributed by atoms with Crippen LogP contribution in [0.25, 0.3) is 11.1 Å². The van der Waals surface area contributed by atoms with Crippen molar-refractivity contribution in [3.05, 3.63) is 59.7 Å². The summed E-state index contributed by atoms with van der Waals surface area (Å²) in [6, 6.07) is 15.1. The Morgan fingerprint density at radius 3 is 2.12 bits per heavy atom. The minimum absolute atomic E-state index is 0.0977. The highest BCUT2D eigenvalue weighted by atomic mass is 16.5. The predicted octanol–water partition coefficient (Wildman–Crippen LogP) is 2.01. The highest BCUT2D eigenvalue weighted by molar-refractivity contribution is 5.90. The monoisotopic (exact) mass is 453 g/mol. The van der Waals surface area contributed by atoms with Gasteiger partial charge in [-0.25, -0.2) is 4.79 Å². The molecule has 3 rings (SSSR count). The van der Waals surface area contributed by atoms with Gasteiger partial charge in [-0.3, -0.25) is 14.4 Å². The average molecular weight is 453 g/mol. The number of carboxylic acids is 1. The third-order valence-corrected chi connectivity index (χ3v) is 5.39. The molecule has 9 heteroatoms. The van der Waals surface area contributed by atoms with E-state index in [0.717, 1.165) is 22.3 Å². The zero-order valence-corrected chi connectivity index (χ0v) is 18.3. The number of benzene rings is 2. The molecular weight excluding hydrogens is 426 g/mol. The summed E-state index contributed by atoms with van der Waals surface area (Å²) < 4.78 is 5.48. The SMILES string of the molecule is CCC[C@H](NC(=O)OCC1c2ccccc2-c2ccccc21)C(=O)NCC(=O)NCC(=O)O. The topological polar surface area (TPSA) is 134 Å². The number of nitrogens with one attached hydrogen (secondary N) is 3. The third kappa shape index (κ3) is 6.09. The molecule has 1 atom stereocenters. The van der Waals surface area contributed by atoms with Crippen LogP contribution in [0.4, 0.5) is 4.79 Å². The lowest BCUT2D eigenvalue weighted by Gasteiger charge is -2.19. The molecule has 0 unspecified atom stereocenters. The Labute approximate surface area is 191 Å². The van der Waals surface area contributed by atoms with Gasteiger partial charge in [0.15, 0.2) is 0 Å². The number of hydrogen-bond donors (Lipinski definition) is 4. The Kier molecular flexibility index (Phi) is 8.01. The van der Waals surface area contributed by atoms with Gasteiger partial charge >= 0.3 is 12.1 Å². The van der Waals surface area contributed by atoms with Gasteiger partial charge in [-0.15, -0.1) is 0 Å². The van der Waals surface area contributed by atoms with Crippen molar-refractivity contribution in [2.45, 2.75) is 31.7 Å². The van der Waals surface area contributed by atoms with Crippen molar-refractivity contribution in [3.8, 4) is 11.1 Å². The van der Waals surface area contributed by atoms with Crippen molar-refractivity contribution in [1.82, 2.24) is 16.0 Å². The Morgan fingerprint density at radius 1 is 0.939 bits per heavy atom. The lowest BCUT2D eigenvalue weighted by molar-refractivity contribution is -0.137. The van der Waals surface area contributed by atoms with Crippen LogP contribution in [-0.4, -0.2) is 54.7 Å². The molecule has 2 aromatic carbocycles. The molecule has 0 aromatic heterocycles. The van der Waals surface area contributed by atoms with Crippen molar-refractivity contribution in [2.75, 3.05) is 19.7 Å². The minimum atomic E-state index is -1.18. The summed E-state index contributed by atoms with van der Waals surface area (Å²) in [5.41, 5.74) is 4.40. The lowest BCUT2D eigenvalue weighted by atomic mass is 9.98. The number of ether oxygens (including phenoxy) is 1. The maximum Gasteiger partial charge on any atom is 0.407 e. The lowest BCUT2D eigenvalue weighted by Crippen LogP contribution is -2.49. The minimum Gasteiger partial charge on any atom is -0.480 e. The summed E-state index contributed by atoms with van der Waals surface area (Å²) in [4.78, 5) is 47.0. The molecule has 174 valence electrons. The fourth-order valence-corrected chi connectivity index (χ4v) is 3.87. The second-order valence-corrected chi connectivity index (χ2v) is 7.70. The Hall–Kier alpha value is -3.88. The molecule has 1 aliphatic rings. The Bertz CT molecular complexity index is 993. The van der Waals surface area contributed by atoms with Crippen LogP contribution < -0.4 is 16.0 Å².